The maximum atomic E-state index is 13.6. The summed E-state index contributed by atoms with van der Waals surface area (Å²) in [6.07, 6.45) is 0. The van der Waals surface area contributed by atoms with Crippen LogP contribution in [0.2, 0.25) is 0 Å². The molecule has 0 aliphatic carbocycles. The second-order valence-electron chi connectivity index (χ2n) is 4.23. The van der Waals surface area contributed by atoms with E-state index in [1.165, 1.54) is 12.1 Å². The van der Waals surface area contributed by atoms with Crippen molar-refractivity contribution in [3.8, 4) is 17.2 Å². The third-order valence-corrected chi connectivity index (χ3v) is 2.88. The summed E-state index contributed by atoms with van der Waals surface area (Å²) in [7, 11) is 1.56. The van der Waals surface area contributed by atoms with E-state index in [1.54, 1.807) is 25.3 Å². The minimum absolute atomic E-state index is 0.0589. The van der Waals surface area contributed by atoms with Gasteiger partial charge in [0.2, 0.25) is 0 Å². The summed E-state index contributed by atoms with van der Waals surface area (Å²) in [5, 5.41) is 9.15. The molecule has 0 bridgehead atoms. The zero-order chi connectivity index (χ0) is 15.1. The van der Waals surface area contributed by atoms with Gasteiger partial charge in [-0.15, -0.1) is 0 Å². The van der Waals surface area contributed by atoms with E-state index < -0.39 is 5.82 Å². The third kappa shape index (κ3) is 3.86. The van der Waals surface area contributed by atoms with Gasteiger partial charge in [-0.1, -0.05) is 24.3 Å². The molecule has 2 aromatic carbocycles. The first-order valence-corrected chi connectivity index (χ1v) is 6.53. The van der Waals surface area contributed by atoms with Crippen molar-refractivity contribution in [2.24, 2.45) is 0 Å². The van der Waals surface area contributed by atoms with E-state index in [2.05, 4.69) is 0 Å². The first-order chi connectivity index (χ1) is 10.3. The predicted molar refractivity (Wildman–Crippen MR) is 76.3 cm³/mol. The Labute approximate surface area is 122 Å². The zero-order valence-electron chi connectivity index (χ0n) is 11.7. The molecule has 0 spiro atoms. The van der Waals surface area contributed by atoms with Gasteiger partial charge in [0.15, 0.2) is 23.1 Å². The standard InChI is InChI=1S/C16H17FO4/c1-19-14-7-2-3-8-15(14)20-9-10-21-16-12(11-18)5-4-6-13(16)17/h2-8,18H,9-11H2,1H3. The molecule has 1 N–H and O–H groups in total. The highest BCUT2D eigenvalue weighted by Crippen LogP contribution is 2.26. The van der Waals surface area contributed by atoms with Gasteiger partial charge in [0, 0.05) is 5.56 Å². The second-order valence-corrected chi connectivity index (χ2v) is 4.23. The number of hydrogen-bond acceptors (Lipinski definition) is 4. The van der Waals surface area contributed by atoms with Crippen molar-refractivity contribution < 1.29 is 23.7 Å². The van der Waals surface area contributed by atoms with Gasteiger partial charge in [0.05, 0.1) is 13.7 Å². The molecule has 0 unspecified atom stereocenters. The topological polar surface area (TPSA) is 47.9 Å². The molecule has 0 amide bonds. The molecule has 0 saturated heterocycles. The monoisotopic (exact) mass is 292 g/mol. The lowest BCUT2D eigenvalue weighted by atomic mass is 10.2. The van der Waals surface area contributed by atoms with E-state index in [0.717, 1.165) is 0 Å². The number of rotatable bonds is 7. The molecular weight excluding hydrogens is 275 g/mol. The average Bonchev–Trinajstić information content (AvgIpc) is 2.52. The van der Waals surface area contributed by atoms with Crippen LogP contribution >= 0.6 is 0 Å². The summed E-state index contributed by atoms with van der Waals surface area (Å²) < 4.78 is 29.6. The van der Waals surface area contributed by atoms with Crippen molar-refractivity contribution in [3.63, 3.8) is 0 Å². The molecule has 0 heterocycles. The van der Waals surface area contributed by atoms with Crippen molar-refractivity contribution >= 4 is 0 Å². The molecular formula is C16H17FO4. The van der Waals surface area contributed by atoms with Crippen LogP contribution < -0.4 is 14.2 Å². The maximum absolute atomic E-state index is 13.6. The van der Waals surface area contributed by atoms with Crippen molar-refractivity contribution in [3.05, 3.63) is 53.8 Å². The smallest absolute Gasteiger partial charge is 0.165 e. The van der Waals surface area contributed by atoms with Gasteiger partial charge < -0.3 is 19.3 Å². The molecule has 2 rings (SSSR count). The molecule has 0 atom stereocenters. The first kappa shape index (κ1) is 15.1. The highest BCUT2D eigenvalue weighted by atomic mass is 19.1. The first-order valence-electron chi connectivity index (χ1n) is 6.53. The van der Waals surface area contributed by atoms with Gasteiger partial charge in [0.1, 0.15) is 13.2 Å². The van der Waals surface area contributed by atoms with E-state index in [-0.39, 0.29) is 25.6 Å². The number of halogens is 1. The largest absolute Gasteiger partial charge is 0.493 e. The van der Waals surface area contributed by atoms with Gasteiger partial charge in [-0.2, -0.15) is 0 Å². The fraction of sp³-hybridized carbons (Fsp3) is 0.250. The maximum Gasteiger partial charge on any atom is 0.165 e. The summed E-state index contributed by atoms with van der Waals surface area (Å²) in [4.78, 5) is 0. The van der Waals surface area contributed by atoms with Gasteiger partial charge in [-0.3, -0.25) is 0 Å². The number of ether oxygens (including phenoxy) is 3. The fourth-order valence-corrected chi connectivity index (χ4v) is 1.87. The number of aliphatic hydroxyl groups is 1. The number of aliphatic hydroxyl groups excluding tert-OH is 1. The van der Waals surface area contributed by atoms with Crippen LogP contribution in [0.25, 0.3) is 0 Å². The predicted octanol–water partition coefficient (Wildman–Crippen LogP) is 2.78. The molecule has 112 valence electrons. The van der Waals surface area contributed by atoms with E-state index >= 15 is 0 Å². The lowest BCUT2D eigenvalue weighted by Crippen LogP contribution is -2.11. The lowest BCUT2D eigenvalue weighted by molar-refractivity contribution is 0.199. The highest BCUT2D eigenvalue weighted by molar-refractivity contribution is 5.39. The molecule has 0 aliphatic heterocycles. The summed E-state index contributed by atoms with van der Waals surface area (Å²) in [6, 6.07) is 11.7. The van der Waals surface area contributed by atoms with Crippen molar-refractivity contribution in [2.75, 3.05) is 20.3 Å². The molecule has 4 nitrogen and oxygen atoms in total. The number of hydrogen-bond donors (Lipinski definition) is 1. The van der Waals surface area contributed by atoms with E-state index in [0.29, 0.717) is 17.1 Å². The number of methoxy groups -OCH3 is 1. The van der Waals surface area contributed by atoms with E-state index in [1.807, 2.05) is 12.1 Å². The minimum atomic E-state index is -0.501. The Hall–Kier alpha value is -2.27. The minimum Gasteiger partial charge on any atom is -0.493 e. The third-order valence-electron chi connectivity index (χ3n) is 2.88. The Bertz CT molecular complexity index is 586. The summed E-state index contributed by atoms with van der Waals surface area (Å²) in [5.74, 6) is 0.779. The van der Waals surface area contributed by atoms with Crippen LogP contribution in [0.1, 0.15) is 5.56 Å². The van der Waals surface area contributed by atoms with Crippen LogP contribution in [0.5, 0.6) is 17.2 Å². The van der Waals surface area contributed by atoms with Crippen LogP contribution in [0.3, 0.4) is 0 Å². The molecule has 0 aromatic heterocycles. The van der Waals surface area contributed by atoms with E-state index in [4.69, 9.17) is 19.3 Å². The van der Waals surface area contributed by atoms with Crippen molar-refractivity contribution in [1.29, 1.82) is 0 Å². The molecule has 0 aliphatic rings. The van der Waals surface area contributed by atoms with E-state index in [9.17, 15) is 4.39 Å². The Balaban J connectivity index is 1.91. The molecule has 0 fully saturated rings. The quantitative estimate of drug-likeness (QED) is 0.797. The van der Waals surface area contributed by atoms with Crippen LogP contribution in [0.15, 0.2) is 42.5 Å². The highest BCUT2D eigenvalue weighted by Gasteiger charge is 2.09. The van der Waals surface area contributed by atoms with Crippen LogP contribution in [-0.4, -0.2) is 25.4 Å². The lowest BCUT2D eigenvalue weighted by Gasteiger charge is -2.13. The molecule has 0 saturated carbocycles. The van der Waals surface area contributed by atoms with Gasteiger partial charge in [-0.05, 0) is 18.2 Å². The Kier molecular flexibility index (Phi) is 5.40. The molecule has 2 aromatic rings. The van der Waals surface area contributed by atoms with Crippen LogP contribution in [0, 0.1) is 5.82 Å². The SMILES string of the molecule is COc1ccccc1OCCOc1c(F)cccc1CO. The van der Waals surface area contributed by atoms with Gasteiger partial charge >= 0.3 is 0 Å². The molecule has 5 heteroatoms. The van der Waals surface area contributed by atoms with Crippen molar-refractivity contribution in [1.82, 2.24) is 0 Å². The molecule has 0 radical (unpaired) electrons. The normalized spacial score (nSPS) is 10.2. The zero-order valence-corrected chi connectivity index (χ0v) is 11.7. The van der Waals surface area contributed by atoms with Crippen LogP contribution in [0.4, 0.5) is 4.39 Å². The number of benzene rings is 2. The van der Waals surface area contributed by atoms with Gasteiger partial charge in [0.25, 0.3) is 0 Å². The van der Waals surface area contributed by atoms with Crippen molar-refractivity contribution in [2.45, 2.75) is 6.61 Å². The second kappa shape index (κ2) is 7.50. The number of para-hydroxylation sites is 3. The summed E-state index contributed by atoms with van der Waals surface area (Å²) in [5.41, 5.74) is 0.410. The Morgan fingerprint density at radius 1 is 0.952 bits per heavy atom. The van der Waals surface area contributed by atoms with Crippen LogP contribution in [-0.2, 0) is 6.61 Å². The Morgan fingerprint density at radius 3 is 2.38 bits per heavy atom. The Morgan fingerprint density at radius 2 is 1.67 bits per heavy atom. The molecule has 21 heavy (non-hydrogen) atoms. The fourth-order valence-electron chi connectivity index (χ4n) is 1.87. The summed E-state index contributed by atoms with van der Waals surface area (Å²) in [6.45, 7) is 0.117. The average molecular weight is 292 g/mol. The van der Waals surface area contributed by atoms with Gasteiger partial charge in [-0.25, -0.2) is 4.39 Å². The summed E-state index contributed by atoms with van der Waals surface area (Å²) >= 11 is 0.